The van der Waals surface area contributed by atoms with Crippen molar-refractivity contribution in [3.8, 4) is 66.8 Å². The van der Waals surface area contributed by atoms with Crippen molar-refractivity contribution < 1.29 is 41.1 Å². The molecule has 0 bridgehead atoms. The molecule has 0 radical (unpaired) electrons. The molecule has 0 aromatic heterocycles. The Morgan fingerprint density at radius 2 is 0.392 bits per heavy atom. The van der Waals surface area contributed by atoms with Crippen molar-refractivity contribution in [3.05, 3.63) is 400 Å². The van der Waals surface area contributed by atoms with Gasteiger partial charge >= 0.3 is 0 Å². The Hall–Kier alpha value is -13.3. The average Bonchev–Trinajstić information content (AvgIpc) is 0.692. The van der Waals surface area contributed by atoms with E-state index >= 15 is 0 Å². The second-order valence-corrected chi connectivity index (χ2v) is 24.6. The van der Waals surface area contributed by atoms with E-state index in [1.165, 1.54) is 0 Å². The van der Waals surface area contributed by atoms with Crippen LogP contribution in [0.15, 0.2) is 400 Å². The zero-order valence-electron chi connectivity index (χ0n) is 83.8. The Morgan fingerprint density at radius 1 is 0.137 bits per heavy atom. The Balaban J connectivity index is 0.000000128. The van der Waals surface area contributed by atoms with Gasteiger partial charge < -0.3 is 0 Å². The van der Waals surface area contributed by atoms with Gasteiger partial charge in [0.2, 0.25) is 0 Å². The van der Waals surface area contributed by atoms with Crippen LogP contribution >= 0.6 is 0 Å². The summed E-state index contributed by atoms with van der Waals surface area (Å²) in [5.41, 5.74) is 4.55. The van der Waals surface area contributed by atoms with E-state index in [1.807, 2.05) is 164 Å². The molecule has 0 saturated heterocycles. The standard InChI is InChI=1S/3C34H22/c3*1-2-12-25-22-26(21-20-23(25)10-1)33-29-15-5-7-17-31(29)34(32-18-8-6-16-30(32)33)28-19-9-13-24-11-3-4-14-27(24)28/h3*1-22H/i3D,4D,5D,6D,7D,8D,9D,11D,13D,14D,15D,16D,17D,18D,19D;5D,6D,7D,8D,15D,16D,17D,18D;3D,4D,9D,11D,13D,14D,19D. The molecular weight excluding hydrogens is 1230 g/mol. The van der Waals surface area contributed by atoms with E-state index < -0.39 is 143 Å². The fourth-order valence-electron chi connectivity index (χ4n) is 14.5. The molecule has 0 atom stereocenters. The smallest absolute Gasteiger partial charge is 0.0616 e. The van der Waals surface area contributed by atoms with Crippen LogP contribution in [0.4, 0.5) is 0 Å². The molecule has 0 unspecified atom stereocenters. The van der Waals surface area contributed by atoms with Crippen molar-refractivity contribution in [3.63, 3.8) is 0 Å². The lowest BCUT2D eigenvalue weighted by Gasteiger charge is -2.19. The highest BCUT2D eigenvalue weighted by atomic mass is 14.3. The molecule has 0 heteroatoms. The quantitative estimate of drug-likeness (QED) is 0.146. The van der Waals surface area contributed by atoms with Gasteiger partial charge in [-0.25, -0.2) is 0 Å². The van der Waals surface area contributed by atoms with E-state index in [9.17, 15) is 0 Å². The molecule has 21 aromatic carbocycles. The van der Waals surface area contributed by atoms with Gasteiger partial charge in [0.1, 0.15) is 0 Å². The number of rotatable bonds is 6. The van der Waals surface area contributed by atoms with Crippen LogP contribution in [0, 0.1) is 0 Å². The molecule has 0 N–H and O–H groups in total. The third kappa shape index (κ3) is 10.4. The van der Waals surface area contributed by atoms with Crippen molar-refractivity contribution in [2.24, 2.45) is 0 Å². The fraction of sp³-hybridized carbons (Fsp3) is 0. The summed E-state index contributed by atoms with van der Waals surface area (Å²) in [6.07, 6.45) is 0. The van der Waals surface area contributed by atoms with Crippen LogP contribution < -0.4 is 0 Å². The van der Waals surface area contributed by atoms with Gasteiger partial charge in [-0.15, -0.1) is 0 Å². The lowest BCUT2D eigenvalue weighted by atomic mass is 9.84. The summed E-state index contributed by atoms with van der Waals surface area (Å²) >= 11 is 0. The topological polar surface area (TPSA) is 0 Å². The van der Waals surface area contributed by atoms with Gasteiger partial charge in [-0.3, -0.25) is 0 Å². The lowest BCUT2D eigenvalue weighted by molar-refractivity contribution is 1.68. The normalized spacial score (nSPS) is 15.6. The zero-order valence-corrected chi connectivity index (χ0v) is 53.8. The lowest BCUT2D eigenvalue weighted by Crippen LogP contribution is -1.91. The maximum atomic E-state index is 9.17. The van der Waals surface area contributed by atoms with Gasteiger partial charge in [0.05, 0.1) is 41.1 Å². The van der Waals surface area contributed by atoms with Crippen LogP contribution in [-0.2, 0) is 0 Å². The third-order valence-electron chi connectivity index (χ3n) is 19.0. The molecule has 0 aliphatic carbocycles. The molecule has 0 saturated carbocycles. The second-order valence-electron chi connectivity index (χ2n) is 24.6. The van der Waals surface area contributed by atoms with Crippen LogP contribution in [-0.4, -0.2) is 0 Å². The minimum Gasteiger partial charge on any atom is -0.0616 e. The zero-order chi connectivity index (χ0) is 93.6. The van der Waals surface area contributed by atoms with Crippen LogP contribution in [0.1, 0.15) is 41.1 Å². The first-order valence-corrected chi connectivity index (χ1v) is 32.9. The van der Waals surface area contributed by atoms with E-state index in [4.69, 9.17) is 41.1 Å². The van der Waals surface area contributed by atoms with Crippen molar-refractivity contribution in [1.29, 1.82) is 0 Å². The molecule has 21 rings (SSSR count). The van der Waals surface area contributed by atoms with Crippen molar-refractivity contribution in [2.45, 2.75) is 0 Å². The maximum Gasteiger partial charge on any atom is 0.0629 e. The van der Waals surface area contributed by atoms with Crippen LogP contribution in [0.25, 0.3) is 196 Å². The third-order valence-corrected chi connectivity index (χ3v) is 19.0. The molecule has 474 valence electrons. The Kier molecular flexibility index (Phi) is 9.15. The SMILES string of the molecule is [2H]c1c([2H])c([2H])c2c(-c3c4c([2H])c([2H])c([2H])c([2H])c4c(-c4ccc5ccccc5c4)c4c([2H])c([2H])c([2H])c([2H])c34)c([2H])c([2H])c([2H])c2c1[2H].[2H]c1c([2H])c([2H])c2c(-c3c4ccccc4c(-c4ccc5ccccc5c4)c4ccccc34)c([2H])c([2H])c([2H])c2c1[2H].[2H]c1c([2H])c([2H])c2c(-c3cccc4ccccc34)c3c([2H])c([2H])c([2H])c([2H])c3c(-c3ccc4ccccc4c3)c2c1[2H]. The maximum absolute atomic E-state index is 9.17. The molecule has 0 nitrogen and oxygen atoms in total. The van der Waals surface area contributed by atoms with Gasteiger partial charge in [0.15, 0.2) is 0 Å². The number of hydrogen-bond acceptors (Lipinski definition) is 0. The Morgan fingerprint density at radius 3 is 0.775 bits per heavy atom. The summed E-state index contributed by atoms with van der Waals surface area (Å²) in [5, 5.41) is 10.2. The molecular formula is C102H66. The monoisotopic (exact) mass is 1320 g/mol. The highest BCUT2D eigenvalue weighted by Gasteiger charge is 2.22. The molecule has 0 amide bonds. The minimum atomic E-state index is -0.742. The first-order valence-electron chi connectivity index (χ1n) is 47.9. The van der Waals surface area contributed by atoms with E-state index in [0.29, 0.717) is 33.4 Å². The molecule has 0 heterocycles. The Labute approximate surface area is 634 Å². The first kappa shape index (κ1) is 36.5. The predicted molar refractivity (Wildman–Crippen MR) is 442 cm³/mol. The molecule has 0 fully saturated rings. The van der Waals surface area contributed by atoms with Crippen LogP contribution in [0.3, 0.4) is 0 Å². The highest BCUT2D eigenvalue weighted by molar-refractivity contribution is 6.27. The molecule has 21 aromatic rings. The second kappa shape index (κ2) is 25.5. The minimum absolute atomic E-state index is 0.0428. The molecule has 0 aliphatic rings. The summed E-state index contributed by atoms with van der Waals surface area (Å²) < 4.78 is 263. The van der Waals surface area contributed by atoms with Crippen molar-refractivity contribution >= 4 is 129 Å². The van der Waals surface area contributed by atoms with Crippen molar-refractivity contribution in [2.75, 3.05) is 0 Å². The number of benzene rings is 21. The summed E-state index contributed by atoms with van der Waals surface area (Å²) in [7, 11) is 0. The van der Waals surface area contributed by atoms with Crippen LogP contribution in [0.2, 0.25) is 0 Å². The summed E-state index contributed by atoms with van der Waals surface area (Å²) in [5.74, 6) is 0. The fourth-order valence-corrected chi connectivity index (χ4v) is 14.5. The molecule has 0 aliphatic heterocycles. The van der Waals surface area contributed by atoms with Crippen LogP contribution in [0.5, 0.6) is 0 Å². The van der Waals surface area contributed by atoms with E-state index in [0.717, 1.165) is 75.8 Å². The molecule has 0 spiro atoms. The molecule has 102 heavy (non-hydrogen) atoms. The van der Waals surface area contributed by atoms with Gasteiger partial charge in [-0.1, -0.05) is 381 Å². The van der Waals surface area contributed by atoms with Gasteiger partial charge in [0, 0.05) is 0 Å². The van der Waals surface area contributed by atoms with E-state index in [-0.39, 0.29) is 125 Å². The summed E-state index contributed by atoms with van der Waals surface area (Å²) in [4.78, 5) is 0. The Bertz CT molecular complexity index is 8550. The van der Waals surface area contributed by atoms with Gasteiger partial charge in [-0.05, 0) is 214 Å². The number of hydrogen-bond donors (Lipinski definition) is 0. The largest absolute Gasteiger partial charge is 0.0629 e. The summed E-state index contributed by atoms with van der Waals surface area (Å²) in [6.45, 7) is 0. The predicted octanol–water partition coefficient (Wildman–Crippen LogP) is 28.9. The first-order chi connectivity index (χ1) is 63.1. The highest BCUT2D eigenvalue weighted by Crippen LogP contribution is 2.50. The van der Waals surface area contributed by atoms with Crippen molar-refractivity contribution in [1.82, 2.24) is 0 Å². The average molecular weight is 1320 g/mol. The number of fused-ring (bicyclic) bond motifs is 12. The van der Waals surface area contributed by atoms with E-state index in [1.54, 1.807) is 24.3 Å². The van der Waals surface area contributed by atoms with Gasteiger partial charge in [0.25, 0.3) is 0 Å². The summed E-state index contributed by atoms with van der Waals surface area (Å²) in [6, 6.07) is 54.4. The van der Waals surface area contributed by atoms with Gasteiger partial charge in [-0.2, -0.15) is 0 Å². The van der Waals surface area contributed by atoms with E-state index in [2.05, 4.69) is 30.3 Å².